The number of nitrogens with one attached hydrogen (secondary N) is 2. The Kier molecular flexibility index (Phi) is 6.14. The number of hydrogen-bond acceptors (Lipinski definition) is 4. The summed E-state index contributed by atoms with van der Waals surface area (Å²) in [6.45, 7) is -0.276. The van der Waals surface area contributed by atoms with Gasteiger partial charge in [0, 0.05) is 11.0 Å². The molecule has 0 aliphatic rings. The highest BCUT2D eigenvalue weighted by Crippen LogP contribution is 2.15. The van der Waals surface area contributed by atoms with Crippen LogP contribution in [0, 0.1) is 0 Å². The van der Waals surface area contributed by atoms with Crippen molar-refractivity contribution >= 4 is 37.8 Å². The summed E-state index contributed by atoms with van der Waals surface area (Å²) >= 11 is 3.25. The Hall–Kier alpha value is -1.90. The molecule has 0 atom stereocenters. The number of rotatable bonds is 7. The molecule has 0 saturated carbocycles. The first-order chi connectivity index (χ1) is 10.9. The van der Waals surface area contributed by atoms with Crippen LogP contribution in [0.5, 0.6) is 0 Å². The van der Waals surface area contributed by atoms with Crippen molar-refractivity contribution in [2.75, 3.05) is 11.3 Å². The van der Waals surface area contributed by atoms with Crippen molar-refractivity contribution in [2.24, 2.45) is 0 Å². The predicted octanol–water partition coefficient (Wildman–Crippen LogP) is 2.44. The van der Waals surface area contributed by atoms with Crippen LogP contribution < -0.4 is 10.0 Å². The Balaban J connectivity index is 1.79. The largest absolute Gasteiger partial charge is 0.360 e. The summed E-state index contributed by atoms with van der Waals surface area (Å²) in [5.41, 5.74) is 1.26. The molecule has 8 heteroatoms. The van der Waals surface area contributed by atoms with E-state index in [0.29, 0.717) is 12.2 Å². The van der Waals surface area contributed by atoms with Crippen LogP contribution in [0.2, 0.25) is 0 Å². The van der Waals surface area contributed by atoms with Gasteiger partial charge in [0.15, 0.2) is 0 Å². The summed E-state index contributed by atoms with van der Waals surface area (Å²) in [5.74, 6) is -0.518. The van der Waals surface area contributed by atoms with Gasteiger partial charge in [0.1, 0.15) is 6.61 Å². The van der Waals surface area contributed by atoms with E-state index in [1.54, 1.807) is 24.3 Å². The third kappa shape index (κ3) is 6.39. The first kappa shape index (κ1) is 17.5. The molecule has 0 heterocycles. The molecule has 2 rings (SSSR count). The van der Waals surface area contributed by atoms with Crippen molar-refractivity contribution in [3.05, 3.63) is 64.6 Å². The van der Waals surface area contributed by atoms with E-state index >= 15 is 0 Å². The van der Waals surface area contributed by atoms with Gasteiger partial charge in [0.25, 0.3) is 0 Å². The van der Waals surface area contributed by atoms with Crippen molar-refractivity contribution in [2.45, 2.75) is 6.54 Å². The quantitative estimate of drug-likeness (QED) is 0.749. The number of halogens is 1. The minimum atomic E-state index is -4.05. The van der Waals surface area contributed by atoms with E-state index in [9.17, 15) is 13.2 Å². The molecule has 0 saturated heterocycles. The topological polar surface area (TPSA) is 84.5 Å². The lowest BCUT2D eigenvalue weighted by atomic mass is 10.2. The second-order valence-electron chi connectivity index (χ2n) is 4.59. The number of anilines is 1. The Morgan fingerprint density at radius 1 is 1.04 bits per heavy atom. The van der Waals surface area contributed by atoms with E-state index in [1.165, 1.54) is 0 Å². The molecule has 2 N–H and O–H groups in total. The Morgan fingerprint density at radius 2 is 1.70 bits per heavy atom. The van der Waals surface area contributed by atoms with E-state index in [2.05, 4.69) is 30.2 Å². The number of carbonyl (C=O) groups excluding carboxylic acids is 1. The van der Waals surface area contributed by atoms with Crippen LogP contribution in [-0.4, -0.2) is 20.9 Å². The normalized spacial score (nSPS) is 11.0. The van der Waals surface area contributed by atoms with Gasteiger partial charge < -0.3 is 5.32 Å². The average Bonchev–Trinajstić information content (AvgIpc) is 2.54. The third-order valence-corrected chi connectivity index (χ3v) is 4.21. The Bertz CT molecular complexity index is 749. The maximum absolute atomic E-state index is 11.7. The molecule has 6 nitrogen and oxygen atoms in total. The van der Waals surface area contributed by atoms with Gasteiger partial charge in [0.05, 0.1) is 5.69 Å². The molecular weight excluding hydrogens is 384 g/mol. The fraction of sp³-hybridized carbons (Fsp3) is 0.133. The summed E-state index contributed by atoms with van der Waals surface area (Å²) < 4.78 is 31.2. The minimum Gasteiger partial charge on any atom is -0.350 e. The van der Waals surface area contributed by atoms with Crippen LogP contribution in [0.3, 0.4) is 0 Å². The highest BCUT2D eigenvalue weighted by Gasteiger charge is 2.13. The molecule has 0 spiro atoms. The molecule has 1 amide bonds. The summed E-state index contributed by atoms with van der Waals surface area (Å²) in [7, 11) is -4.05. The standard InChI is InChI=1S/C15H15BrN2O4S/c16-13-6-8-14(9-7-13)18-23(20,21)22-11-15(19)17-10-12-4-2-1-3-5-12/h1-9,18H,10-11H2,(H,17,19). The van der Waals surface area contributed by atoms with Crippen LogP contribution in [0.1, 0.15) is 5.56 Å². The average molecular weight is 399 g/mol. The molecular formula is C15H15BrN2O4S. The van der Waals surface area contributed by atoms with E-state index in [1.807, 2.05) is 30.3 Å². The molecule has 0 bridgehead atoms. The van der Waals surface area contributed by atoms with Crippen LogP contribution in [0.25, 0.3) is 0 Å². The Morgan fingerprint density at radius 3 is 2.35 bits per heavy atom. The van der Waals surface area contributed by atoms with Gasteiger partial charge in [-0.2, -0.15) is 8.42 Å². The van der Waals surface area contributed by atoms with Gasteiger partial charge in [-0.25, -0.2) is 4.18 Å². The summed E-state index contributed by atoms with van der Waals surface area (Å²) in [4.78, 5) is 11.6. The number of carbonyl (C=O) groups is 1. The van der Waals surface area contributed by atoms with Crippen LogP contribution >= 0.6 is 15.9 Å². The maximum Gasteiger partial charge on any atom is 0.360 e. The van der Waals surface area contributed by atoms with E-state index in [-0.39, 0.29) is 0 Å². The molecule has 23 heavy (non-hydrogen) atoms. The zero-order valence-corrected chi connectivity index (χ0v) is 14.4. The monoisotopic (exact) mass is 398 g/mol. The third-order valence-electron chi connectivity index (χ3n) is 2.76. The number of hydrogen-bond donors (Lipinski definition) is 2. The van der Waals surface area contributed by atoms with Crippen LogP contribution in [-0.2, 0) is 25.8 Å². The Labute approximate surface area is 143 Å². The minimum absolute atomic E-state index is 0.309. The van der Waals surface area contributed by atoms with Crippen molar-refractivity contribution in [3.63, 3.8) is 0 Å². The fourth-order valence-corrected chi connectivity index (χ4v) is 2.68. The van der Waals surface area contributed by atoms with Crippen molar-refractivity contribution < 1.29 is 17.4 Å². The van der Waals surface area contributed by atoms with Gasteiger partial charge in [-0.1, -0.05) is 46.3 Å². The second-order valence-corrected chi connectivity index (χ2v) is 6.85. The lowest BCUT2D eigenvalue weighted by molar-refractivity contribution is -0.123. The van der Waals surface area contributed by atoms with E-state index < -0.39 is 22.8 Å². The van der Waals surface area contributed by atoms with Gasteiger partial charge in [-0.3, -0.25) is 9.52 Å². The lowest BCUT2D eigenvalue weighted by Crippen LogP contribution is -2.29. The van der Waals surface area contributed by atoms with Crippen LogP contribution in [0.15, 0.2) is 59.1 Å². The van der Waals surface area contributed by atoms with Gasteiger partial charge in [0.2, 0.25) is 5.91 Å². The molecule has 122 valence electrons. The second kappa shape index (κ2) is 8.09. The van der Waals surface area contributed by atoms with Crippen molar-refractivity contribution in [1.82, 2.24) is 5.32 Å². The smallest absolute Gasteiger partial charge is 0.350 e. The number of amides is 1. The molecule has 0 radical (unpaired) electrons. The first-order valence-corrected chi connectivity index (χ1v) is 8.88. The summed E-state index contributed by atoms with van der Waals surface area (Å²) in [6, 6.07) is 15.8. The molecule has 0 aromatic heterocycles. The molecule has 0 fully saturated rings. The molecule has 0 aliphatic carbocycles. The van der Waals surface area contributed by atoms with Crippen LogP contribution in [0.4, 0.5) is 5.69 Å². The van der Waals surface area contributed by atoms with Crippen molar-refractivity contribution in [3.8, 4) is 0 Å². The van der Waals surface area contributed by atoms with E-state index in [0.717, 1.165) is 10.0 Å². The van der Waals surface area contributed by atoms with E-state index in [4.69, 9.17) is 0 Å². The van der Waals surface area contributed by atoms with Crippen molar-refractivity contribution in [1.29, 1.82) is 0 Å². The number of benzene rings is 2. The molecule has 0 unspecified atom stereocenters. The first-order valence-electron chi connectivity index (χ1n) is 6.68. The molecule has 2 aromatic rings. The molecule has 0 aliphatic heterocycles. The lowest BCUT2D eigenvalue weighted by Gasteiger charge is -2.09. The van der Waals surface area contributed by atoms with Gasteiger partial charge in [-0.15, -0.1) is 0 Å². The SMILES string of the molecule is O=C(COS(=O)(=O)Nc1ccc(Br)cc1)NCc1ccccc1. The fourth-order valence-electron chi connectivity index (χ4n) is 1.67. The zero-order chi connectivity index (χ0) is 16.7. The zero-order valence-electron chi connectivity index (χ0n) is 12.0. The maximum atomic E-state index is 11.7. The highest BCUT2D eigenvalue weighted by atomic mass is 79.9. The highest BCUT2D eigenvalue weighted by molar-refractivity contribution is 9.10. The predicted molar refractivity (Wildman–Crippen MR) is 90.9 cm³/mol. The van der Waals surface area contributed by atoms with Gasteiger partial charge >= 0.3 is 10.3 Å². The summed E-state index contributed by atoms with van der Waals surface area (Å²) in [5, 5.41) is 2.58. The summed E-state index contributed by atoms with van der Waals surface area (Å²) in [6.07, 6.45) is 0. The molecule has 2 aromatic carbocycles. The van der Waals surface area contributed by atoms with Gasteiger partial charge in [-0.05, 0) is 29.8 Å².